The van der Waals surface area contributed by atoms with Crippen molar-refractivity contribution in [2.75, 3.05) is 27.4 Å². The van der Waals surface area contributed by atoms with E-state index in [0.717, 1.165) is 6.07 Å². The Morgan fingerprint density at radius 3 is 2.61 bits per heavy atom. The van der Waals surface area contributed by atoms with E-state index in [1.165, 1.54) is 43.2 Å². The van der Waals surface area contributed by atoms with Gasteiger partial charge in [-0.15, -0.1) is 0 Å². The lowest BCUT2D eigenvalue weighted by molar-refractivity contribution is 0.177. The molecule has 1 aromatic carbocycles. The average Bonchev–Trinajstić information content (AvgIpc) is 3.04. The van der Waals surface area contributed by atoms with Gasteiger partial charge in [-0.3, -0.25) is 0 Å². The number of methoxy groups -OCH3 is 2. The zero-order chi connectivity index (χ0) is 16.9. The second kappa shape index (κ2) is 7.58. The molecule has 0 amide bonds. The van der Waals surface area contributed by atoms with Gasteiger partial charge in [-0.2, -0.15) is 4.31 Å². The molecule has 1 heterocycles. The number of benzene rings is 1. The van der Waals surface area contributed by atoms with Gasteiger partial charge in [0.05, 0.1) is 31.1 Å². The van der Waals surface area contributed by atoms with Crippen LogP contribution in [0.2, 0.25) is 0 Å². The molecule has 126 valence electrons. The smallest absolute Gasteiger partial charge is 0.243 e. The number of rotatable bonds is 8. The molecule has 0 radical (unpaired) electrons. The van der Waals surface area contributed by atoms with Crippen LogP contribution in [0.25, 0.3) is 0 Å². The van der Waals surface area contributed by atoms with Crippen LogP contribution in [0, 0.1) is 5.82 Å². The third-order valence-electron chi connectivity index (χ3n) is 3.24. The molecule has 0 N–H and O–H groups in total. The quantitative estimate of drug-likeness (QED) is 0.735. The summed E-state index contributed by atoms with van der Waals surface area (Å²) in [5.74, 6) is -0.745. The fourth-order valence-electron chi connectivity index (χ4n) is 2.02. The number of halogens is 1. The predicted molar refractivity (Wildman–Crippen MR) is 81.1 cm³/mol. The van der Waals surface area contributed by atoms with Crippen molar-refractivity contribution < 1.29 is 26.7 Å². The fraction of sp³-hybridized carbons (Fsp3) is 0.333. The normalized spacial score (nSPS) is 11.8. The lowest BCUT2D eigenvalue weighted by Gasteiger charge is -2.21. The van der Waals surface area contributed by atoms with Gasteiger partial charge in [0.1, 0.15) is 0 Å². The standard InChI is InChI=1S/C15H18FNO5S/c1-20-8-6-17(10-12-5-7-22-11-12)23(18,19)13-3-4-15(21-2)14(16)9-13/h3-5,7,9,11H,6,8,10H2,1-2H3. The lowest BCUT2D eigenvalue weighted by atomic mass is 10.3. The summed E-state index contributed by atoms with van der Waals surface area (Å²) in [5, 5.41) is 0. The summed E-state index contributed by atoms with van der Waals surface area (Å²) in [5.41, 5.74) is 0.693. The maximum absolute atomic E-state index is 13.8. The Kier molecular flexibility index (Phi) is 5.75. The molecule has 0 spiro atoms. The minimum absolute atomic E-state index is 0.0118. The van der Waals surface area contributed by atoms with Gasteiger partial charge in [-0.1, -0.05) is 0 Å². The molecular formula is C15H18FNO5S. The minimum Gasteiger partial charge on any atom is -0.494 e. The summed E-state index contributed by atoms with van der Waals surface area (Å²) in [7, 11) is -1.08. The SMILES string of the molecule is COCCN(Cc1ccoc1)S(=O)(=O)c1ccc(OC)c(F)c1. The van der Waals surface area contributed by atoms with Crippen molar-refractivity contribution in [1.29, 1.82) is 0 Å². The Morgan fingerprint density at radius 2 is 2.04 bits per heavy atom. The summed E-state index contributed by atoms with van der Waals surface area (Å²) >= 11 is 0. The first-order valence-electron chi connectivity index (χ1n) is 6.82. The van der Waals surface area contributed by atoms with Crippen molar-refractivity contribution in [3.05, 3.63) is 48.2 Å². The molecule has 0 aliphatic rings. The van der Waals surface area contributed by atoms with Gasteiger partial charge in [0.2, 0.25) is 10.0 Å². The van der Waals surface area contributed by atoms with Crippen LogP contribution in [-0.2, 0) is 21.3 Å². The van der Waals surface area contributed by atoms with Crippen LogP contribution in [0.1, 0.15) is 5.56 Å². The van der Waals surface area contributed by atoms with Crippen LogP contribution in [0.4, 0.5) is 4.39 Å². The number of nitrogens with zero attached hydrogens (tertiary/aromatic N) is 1. The van der Waals surface area contributed by atoms with Crippen LogP contribution < -0.4 is 4.74 Å². The van der Waals surface area contributed by atoms with E-state index < -0.39 is 15.8 Å². The summed E-state index contributed by atoms with van der Waals surface area (Å²) in [4.78, 5) is -0.143. The summed E-state index contributed by atoms with van der Waals surface area (Å²) in [6.07, 6.45) is 2.92. The molecule has 2 aromatic rings. The van der Waals surface area contributed by atoms with Crippen LogP contribution in [0.5, 0.6) is 5.75 Å². The maximum atomic E-state index is 13.8. The Bertz CT molecular complexity index is 730. The molecule has 0 saturated heterocycles. The highest BCUT2D eigenvalue weighted by Gasteiger charge is 2.26. The second-order valence-electron chi connectivity index (χ2n) is 4.76. The number of hydrogen-bond acceptors (Lipinski definition) is 5. The molecular weight excluding hydrogens is 325 g/mol. The van der Waals surface area contributed by atoms with E-state index in [4.69, 9.17) is 13.9 Å². The highest BCUT2D eigenvalue weighted by molar-refractivity contribution is 7.89. The molecule has 0 bridgehead atoms. The second-order valence-corrected chi connectivity index (χ2v) is 6.70. The monoisotopic (exact) mass is 343 g/mol. The van der Waals surface area contributed by atoms with E-state index in [1.807, 2.05) is 0 Å². The van der Waals surface area contributed by atoms with E-state index in [1.54, 1.807) is 6.07 Å². The molecule has 0 aliphatic carbocycles. The average molecular weight is 343 g/mol. The van der Waals surface area contributed by atoms with Crippen LogP contribution >= 0.6 is 0 Å². The van der Waals surface area contributed by atoms with E-state index >= 15 is 0 Å². The van der Waals surface area contributed by atoms with E-state index in [-0.39, 0.29) is 30.3 Å². The van der Waals surface area contributed by atoms with Gasteiger partial charge >= 0.3 is 0 Å². The first-order chi connectivity index (χ1) is 11.0. The van der Waals surface area contributed by atoms with Crippen molar-refractivity contribution in [2.45, 2.75) is 11.4 Å². The molecule has 2 rings (SSSR count). The molecule has 0 fully saturated rings. The van der Waals surface area contributed by atoms with Crippen LogP contribution in [-0.4, -0.2) is 40.1 Å². The molecule has 23 heavy (non-hydrogen) atoms. The summed E-state index contributed by atoms with van der Waals surface area (Å²) < 4.78 is 55.3. The third-order valence-corrected chi connectivity index (χ3v) is 5.09. The van der Waals surface area contributed by atoms with Gasteiger partial charge < -0.3 is 13.9 Å². The topological polar surface area (TPSA) is 69.0 Å². The number of sulfonamides is 1. The van der Waals surface area contributed by atoms with Gasteiger partial charge in [-0.05, 0) is 24.3 Å². The zero-order valence-corrected chi connectivity index (χ0v) is 13.7. The first kappa shape index (κ1) is 17.5. The molecule has 0 unspecified atom stereocenters. The largest absolute Gasteiger partial charge is 0.494 e. The summed E-state index contributed by atoms with van der Waals surface area (Å²) in [6, 6.07) is 5.22. The molecule has 0 saturated carbocycles. The number of furan rings is 1. The molecule has 8 heteroatoms. The van der Waals surface area contributed by atoms with E-state index in [9.17, 15) is 12.8 Å². The van der Waals surface area contributed by atoms with Crippen molar-refractivity contribution >= 4 is 10.0 Å². The molecule has 6 nitrogen and oxygen atoms in total. The van der Waals surface area contributed by atoms with E-state index in [2.05, 4.69) is 0 Å². The number of ether oxygens (including phenoxy) is 2. The first-order valence-corrected chi connectivity index (χ1v) is 8.26. The Balaban J connectivity index is 2.32. The Labute approximate surface area is 134 Å². The third kappa shape index (κ3) is 4.10. The maximum Gasteiger partial charge on any atom is 0.243 e. The van der Waals surface area contributed by atoms with Crippen molar-refractivity contribution in [3.8, 4) is 5.75 Å². The van der Waals surface area contributed by atoms with Crippen molar-refractivity contribution in [3.63, 3.8) is 0 Å². The summed E-state index contributed by atoms with van der Waals surface area (Å²) in [6.45, 7) is 0.462. The highest BCUT2D eigenvalue weighted by atomic mass is 32.2. The molecule has 0 aliphatic heterocycles. The lowest BCUT2D eigenvalue weighted by Crippen LogP contribution is -2.33. The van der Waals surface area contributed by atoms with E-state index in [0.29, 0.717) is 5.56 Å². The Hall–Kier alpha value is -1.90. The highest BCUT2D eigenvalue weighted by Crippen LogP contribution is 2.24. The predicted octanol–water partition coefficient (Wildman–Crippen LogP) is 2.26. The number of hydrogen-bond donors (Lipinski definition) is 0. The van der Waals surface area contributed by atoms with Crippen molar-refractivity contribution in [2.24, 2.45) is 0 Å². The van der Waals surface area contributed by atoms with Gasteiger partial charge in [0.25, 0.3) is 0 Å². The van der Waals surface area contributed by atoms with Gasteiger partial charge in [-0.25, -0.2) is 12.8 Å². The molecule has 0 atom stereocenters. The fourth-order valence-corrected chi connectivity index (χ4v) is 3.44. The van der Waals surface area contributed by atoms with Gasteiger partial charge in [0, 0.05) is 25.8 Å². The van der Waals surface area contributed by atoms with Crippen LogP contribution in [0.15, 0.2) is 46.1 Å². The van der Waals surface area contributed by atoms with Crippen LogP contribution in [0.3, 0.4) is 0 Å². The Morgan fingerprint density at radius 1 is 1.26 bits per heavy atom. The van der Waals surface area contributed by atoms with Crippen molar-refractivity contribution in [1.82, 2.24) is 4.31 Å². The van der Waals surface area contributed by atoms with Gasteiger partial charge in [0.15, 0.2) is 11.6 Å². The molecule has 1 aromatic heterocycles. The minimum atomic E-state index is -3.88. The zero-order valence-electron chi connectivity index (χ0n) is 12.9.